The molecule has 5 aromatic rings. The highest BCUT2D eigenvalue weighted by Crippen LogP contribution is 2.31. The number of pyridine rings is 2. The van der Waals surface area contributed by atoms with E-state index in [1.54, 1.807) is 6.20 Å². The maximum atomic E-state index is 6.27. The van der Waals surface area contributed by atoms with Gasteiger partial charge in [-0.2, -0.15) is 0 Å². The number of nitrogens with zero attached hydrogens (tertiary/aromatic N) is 4. The predicted molar refractivity (Wildman–Crippen MR) is 143 cm³/mol. The van der Waals surface area contributed by atoms with Crippen molar-refractivity contribution in [2.75, 3.05) is 18.8 Å². The van der Waals surface area contributed by atoms with Crippen molar-refractivity contribution in [2.24, 2.45) is 0 Å². The lowest BCUT2D eigenvalue weighted by atomic mass is 10.1. The highest BCUT2D eigenvalue weighted by Gasteiger charge is 2.19. The van der Waals surface area contributed by atoms with E-state index in [2.05, 4.69) is 51.3 Å². The Bertz CT molecular complexity index is 1470. The van der Waals surface area contributed by atoms with Gasteiger partial charge in [-0.15, -0.1) is 0 Å². The van der Waals surface area contributed by atoms with E-state index < -0.39 is 0 Å². The maximum absolute atomic E-state index is 6.27. The summed E-state index contributed by atoms with van der Waals surface area (Å²) in [5.41, 5.74) is 12.7. The quantitative estimate of drug-likeness (QED) is 0.358. The molecule has 0 radical (unpaired) electrons. The monoisotopic (exact) mass is 476 g/mol. The third-order valence-corrected chi connectivity index (χ3v) is 6.62. The number of anilines is 1. The van der Waals surface area contributed by atoms with E-state index in [0.717, 1.165) is 65.2 Å². The fourth-order valence-corrected chi connectivity index (χ4v) is 4.68. The summed E-state index contributed by atoms with van der Waals surface area (Å²) in [4.78, 5) is 14.2. The van der Waals surface area contributed by atoms with Gasteiger partial charge in [0.25, 0.3) is 0 Å². The van der Waals surface area contributed by atoms with Crippen LogP contribution in [0.15, 0.2) is 85.1 Å². The first-order valence-electron chi connectivity index (χ1n) is 12.3. The zero-order chi connectivity index (χ0) is 24.3. The molecule has 7 nitrogen and oxygen atoms in total. The number of rotatable bonds is 6. The van der Waals surface area contributed by atoms with Gasteiger partial charge in [0.2, 0.25) is 0 Å². The van der Waals surface area contributed by atoms with E-state index in [1.165, 1.54) is 0 Å². The SMILES string of the molecule is Nc1ncccc1-c1nc2ccc(-c3ccccc3)nc2n1-c1ccc(COC2CCNCC2)cc1. The minimum Gasteiger partial charge on any atom is -0.383 e. The van der Waals surface area contributed by atoms with Crippen LogP contribution in [-0.2, 0) is 11.3 Å². The van der Waals surface area contributed by atoms with E-state index in [0.29, 0.717) is 24.4 Å². The smallest absolute Gasteiger partial charge is 0.165 e. The fourth-order valence-electron chi connectivity index (χ4n) is 4.68. The van der Waals surface area contributed by atoms with Crippen molar-refractivity contribution >= 4 is 17.0 Å². The Morgan fingerprint density at radius 2 is 1.69 bits per heavy atom. The Morgan fingerprint density at radius 1 is 0.889 bits per heavy atom. The van der Waals surface area contributed by atoms with Crippen LogP contribution in [0.25, 0.3) is 39.5 Å². The van der Waals surface area contributed by atoms with Crippen LogP contribution >= 0.6 is 0 Å². The summed E-state index contributed by atoms with van der Waals surface area (Å²) in [7, 11) is 0. The number of nitrogens with one attached hydrogen (secondary N) is 1. The molecule has 6 rings (SSSR count). The second-order valence-corrected chi connectivity index (χ2v) is 9.04. The van der Waals surface area contributed by atoms with Crippen LogP contribution in [0.2, 0.25) is 0 Å². The molecule has 0 unspecified atom stereocenters. The van der Waals surface area contributed by atoms with Crippen LogP contribution in [0.4, 0.5) is 5.82 Å². The normalized spacial score (nSPS) is 14.3. The fraction of sp³-hybridized carbons (Fsp3) is 0.207. The molecule has 0 amide bonds. The van der Waals surface area contributed by atoms with E-state index >= 15 is 0 Å². The third-order valence-electron chi connectivity index (χ3n) is 6.62. The number of hydrogen-bond acceptors (Lipinski definition) is 6. The molecule has 0 atom stereocenters. The number of piperidine rings is 1. The molecular weight excluding hydrogens is 448 g/mol. The van der Waals surface area contributed by atoms with Gasteiger partial charge in [-0.05, 0) is 67.9 Å². The van der Waals surface area contributed by atoms with Gasteiger partial charge in [-0.1, -0.05) is 42.5 Å². The topological polar surface area (TPSA) is 90.9 Å². The third kappa shape index (κ3) is 4.46. The minimum atomic E-state index is 0.323. The van der Waals surface area contributed by atoms with Crippen LogP contribution < -0.4 is 11.1 Å². The summed E-state index contributed by atoms with van der Waals surface area (Å²) in [5, 5.41) is 3.38. The van der Waals surface area contributed by atoms with Crippen molar-refractivity contribution in [1.29, 1.82) is 0 Å². The Morgan fingerprint density at radius 3 is 2.47 bits per heavy atom. The Balaban J connectivity index is 1.41. The molecule has 1 aliphatic heterocycles. The zero-order valence-electron chi connectivity index (χ0n) is 20.0. The van der Waals surface area contributed by atoms with E-state index in [9.17, 15) is 0 Å². The van der Waals surface area contributed by atoms with Crippen molar-refractivity contribution < 1.29 is 4.74 Å². The molecule has 4 heterocycles. The molecule has 0 spiro atoms. The number of benzene rings is 2. The highest BCUT2D eigenvalue weighted by atomic mass is 16.5. The summed E-state index contributed by atoms with van der Waals surface area (Å²) in [5.74, 6) is 1.15. The van der Waals surface area contributed by atoms with Gasteiger partial charge >= 0.3 is 0 Å². The first kappa shape index (κ1) is 22.4. The molecular formula is C29H28N6O. The van der Waals surface area contributed by atoms with Gasteiger partial charge in [0.05, 0.1) is 24.0 Å². The maximum Gasteiger partial charge on any atom is 0.165 e. The second-order valence-electron chi connectivity index (χ2n) is 9.04. The lowest BCUT2D eigenvalue weighted by molar-refractivity contribution is 0.0212. The molecule has 3 aromatic heterocycles. The number of imidazole rings is 1. The van der Waals surface area contributed by atoms with Gasteiger partial charge in [0, 0.05) is 17.4 Å². The number of nitrogen functional groups attached to an aromatic ring is 1. The van der Waals surface area contributed by atoms with E-state index in [4.69, 9.17) is 20.4 Å². The van der Waals surface area contributed by atoms with Crippen LogP contribution in [0.1, 0.15) is 18.4 Å². The van der Waals surface area contributed by atoms with Crippen molar-refractivity contribution in [1.82, 2.24) is 24.8 Å². The van der Waals surface area contributed by atoms with Gasteiger partial charge in [-0.3, -0.25) is 4.57 Å². The Labute approximate surface area is 210 Å². The molecule has 36 heavy (non-hydrogen) atoms. The van der Waals surface area contributed by atoms with Gasteiger partial charge in [-0.25, -0.2) is 15.0 Å². The first-order chi connectivity index (χ1) is 17.8. The molecule has 3 N–H and O–H groups in total. The number of fused-ring (bicyclic) bond motifs is 1. The number of aromatic nitrogens is 4. The molecule has 2 aromatic carbocycles. The van der Waals surface area contributed by atoms with E-state index in [1.807, 2.05) is 42.5 Å². The van der Waals surface area contributed by atoms with Crippen molar-refractivity contribution in [3.63, 3.8) is 0 Å². The molecule has 0 saturated carbocycles. The lowest BCUT2D eigenvalue weighted by Crippen LogP contribution is -2.32. The molecule has 7 heteroatoms. The predicted octanol–water partition coefficient (Wildman–Crippen LogP) is 5.00. The molecule has 1 saturated heterocycles. The minimum absolute atomic E-state index is 0.323. The summed E-state index contributed by atoms with van der Waals surface area (Å²) in [6.45, 7) is 2.65. The standard InChI is InChI=1S/C29H28N6O/c30-27-24(7-4-16-32-27)28-34-26-13-12-25(21-5-2-1-3-6-21)33-29(26)35(28)22-10-8-20(9-11-22)19-36-23-14-17-31-18-15-23/h1-13,16,23,31H,14-15,17-19H2,(H2,30,32). The van der Waals surface area contributed by atoms with Crippen LogP contribution in [0.3, 0.4) is 0 Å². The number of hydrogen-bond donors (Lipinski definition) is 2. The molecule has 180 valence electrons. The lowest BCUT2D eigenvalue weighted by Gasteiger charge is -2.23. The first-order valence-corrected chi connectivity index (χ1v) is 12.3. The van der Waals surface area contributed by atoms with Gasteiger partial charge in [0.1, 0.15) is 11.3 Å². The highest BCUT2D eigenvalue weighted by molar-refractivity contribution is 5.84. The van der Waals surface area contributed by atoms with Gasteiger partial charge < -0.3 is 15.8 Å². The Kier molecular flexibility index (Phi) is 6.15. The van der Waals surface area contributed by atoms with Crippen LogP contribution in [0.5, 0.6) is 0 Å². The largest absolute Gasteiger partial charge is 0.383 e. The van der Waals surface area contributed by atoms with Gasteiger partial charge in [0.15, 0.2) is 11.5 Å². The summed E-state index contributed by atoms with van der Waals surface area (Å²) in [6, 6.07) is 26.4. The Hall–Kier alpha value is -4.07. The van der Waals surface area contributed by atoms with Crippen molar-refractivity contribution in [3.8, 4) is 28.3 Å². The second kappa shape index (κ2) is 9.89. The van der Waals surface area contributed by atoms with E-state index in [-0.39, 0.29) is 0 Å². The van der Waals surface area contributed by atoms with Crippen LogP contribution in [0, 0.1) is 0 Å². The summed E-state index contributed by atoms with van der Waals surface area (Å²) < 4.78 is 8.21. The number of nitrogens with two attached hydrogens (primary N) is 1. The van der Waals surface area contributed by atoms with Crippen molar-refractivity contribution in [2.45, 2.75) is 25.6 Å². The van der Waals surface area contributed by atoms with Crippen LogP contribution in [-0.4, -0.2) is 38.7 Å². The molecule has 1 fully saturated rings. The van der Waals surface area contributed by atoms with Crippen molar-refractivity contribution in [3.05, 3.63) is 90.6 Å². The summed E-state index contributed by atoms with van der Waals surface area (Å²) >= 11 is 0. The summed E-state index contributed by atoms with van der Waals surface area (Å²) in [6.07, 6.45) is 4.13. The molecule has 1 aliphatic rings. The molecule has 0 bridgehead atoms. The molecule has 0 aliphatic carbocycles. The number of ether oxygens (including phenoxy) is 1. The zero-order valence-corrected chi connectivity index (χ0v) is 20.0. The average molecular weight is 477 g/mol. The average Bonchev–Trinajstić information content (AvgIpc) is 3.32.